The molecule has 0 spiro atoms. The van der Waals surface area contributed by atoms with E-state index in [0.717, 1.165) is 57.4 Å². The summed E-state index contributed by atoms with van der Waals surface area (Å²) in [6, 6.07) is 11.0. The Kier molecular flexibility index (Phi) is 6.99. The number of nitrogens with one attached hydrogen (secondary N) is 2. The van der Waals surface area contributed by atoms with Crippen molar-refractivity contribution in [3.63, 3.8) is 0 Å². The average molecular weight is 513 g/mol. The van der Waals surface area contributed by atoms with Crippen molar-refractivity contribution in [3.8, 4) is 5.75 Å². The number of benzene rings is 1. The predicted octanol–water partition coefficient (Wildman–Crippen LogP) is 2.82. The molecule has 36 heavy (non-hydrogen) atoms. The molecule has 192 valence electrons. The predicted molar refractivity (Wildman–Crippen MR) is 139 cm³/mol. The summed E-state index contributed by atoms with van der Waals surface area (Å²) >= 11 is 0. The van der Waals surface area contributed by atoms with Crippen LogP contribution in [-0.4, -0.2) is 50.9 Å². The second-order valence-corrected chi connectivity index (χ2v) is 11.0. The molecule has 1 aromatic heterocycles. The molecule has 1 atom stereocenters. The van der Waals surface area contributed by atoms with Gasteiger partial charge >= 0.3 is 10.2 Å². The summed E-state index contributed by atoms with van der Waals surface area (Å²) < 4.78 is 35.7. The van der Waals surface area contributed by atoms with E-state index in [9.17, 15) is 13.2 Å². The fraction of sp³-hybridized carbons (Fsp3) is 0.480. The Balaban J connectivity index is 1.23. The van der Waals surface area contributed by atoms with Crippen LogP contribution in [0.3, 0.4) is 0 Å². The number of amidine groups is 1. The molecule has 1 aliphatic carbocycles. The van der Waals surface area contributed by atoms with Crippen LogP contribution < -0.4 is 25.4 Å². The fourth-order valence-corrected chi connectivity index (χ4v) is 6.03. The summed E-state index contributed by atoms with van der Waals surface area (Å²) in [6.45, 7) is 2.04. The van der Waals surface area contributed by atoms with Gasteiger partial charge in [-0.1, -0.05) is 31.4 Å². The van der Waals surface area contributed by atoms with Crippen LogP contribution in [0.25, 0.3) is 0 Å². The number of hydrogen-bond acceptors (Lipinski definition) is 7. The molecule has 5 rings (SSSR count). The van der Waals surface area contributed by atoms with Gasteiger partial charge in [-0.25, -0.2) is 4.98 Å². The number of ether oxygens (including phenoxy) is 1. The maximum Gasteiger partial charge on any atom is 0.344 e. The van der Waals surface area contributed by atoms with E-state index in [4.69, 9.17) is 10.5 Å². The number of piperidine rings is 1. The monoisotopic (exact) mass is 512 g/mol. The lowest BCUT2D eigenvalue weighted by molar-refractivity contribution is 0.0922. The number of nitrogens with zero attached hydrogens (tertiary/aromatic N) is 3. The van der Waals surface area contributed by atoms with Crippen molar-refractivity contribution in [2.24, 2.45) is 16.0 Å². The van der Waals surface area contributed by atoms with Gasteiger partial charge < -0.3 is 20.7 Å². The topological polar surface area (TPSA) is 139 Å². The lowest BCUT2D eigenvalue weighted by atomic mass is 9.95. The number of pyridine rings is 1. The molecule has 2 aliphatic heterocycles. The highest BCUT2D eigenvalue weighted by Crippen LogP contribution is 2.31. The van der Waals surface area contributed by atoms with Crippen LogP contribution >= 0.6 is 0 Å². The van der Waals surface area contributed by atoms with Gasteiger partial charge in [0.1, 0.15) is 17.3 Å². The summed E-state index contributed by atoms with van der Waals surface area (Å²) in [5.41, 5.74) is 7.19. The second-order valence-electron chi connectivity index (χ2n) is 9.69. The molecule has 2 aromatic rings. The van der Waals surface area contributed by atoms with E-state index in [1.54, 1.807) is 24.3 Å². The third-order valence-corrected chi connectivity index (χ3v) is 7.88. The molecule has 1 saturated carbocycles. The molecule has 0 unspecified atom stereocenters. The highest BCUT2D eigenvalue weighted by atomic mass is 32.2. The molecular formula is C25H32N6O4S. The smallest absolute Gasteiger partial charge is 0.344 e. The van der Waals surface area contributed by atoms with Crippen molar-refractivity contribution in [2.75, 3.05) is 29.3 Å². The van der Waals surface area contributed by atoms with Crippen LogP contribution in [0.1, 0.15) is 61.0 Å². The molecule has 2 fully saturated rings. The van der Waals surface area contributed by atoms with Crippen molar-refractivity contribution in [2.45, 2.75) is 51.0 Å². The molecule has 1 saturated heterocycles. The average Bonchev–Trinajstić information content (AvgIpc) is 2.87. The minimum Gasteiger partial charge on any atom is -0.492 e. The minimum absolute atomic E-state index is 0.0860. The van der Waals surface area contributed by atoms with Gasteiger partial charge in [-0.05, 0) is 49.9 Å². The maximum atomic E-state index is 12.8. The van der Waals surface area contributed by atoms with Crippen molar-refractivity contribution < 1.29 is 17.9 Å². The van der Waals surface area contributed by atoms with Crippen LogP contribution in [-0.2, 0) is 10.2 Å². The second kappa shape index (κ2) is 10.3. The first-order chi connectivity index (χ1) is 17.4. The number of rotatable bonds is 6. The van der Waals surface area contributed by atoms with E-state index in [-0.39, 0.29) is 23.7 Å². The normalized spacial score (nSPS) is 21.6. The maximum absolute atomic E-state index is 12.8. The lowest BCUT2D eigenvalue weighted by Crippen LogP contribution is -2.39. The summed E-state index contributed by atoms with van der Waals surface area (Å²) in [7, 11) is -3.84. The highest BCUT2D eigenvalue weighted by Gasteiger charge is 2.27. The Hall–Kier alpha value is -3.34. The number of amides is 1. The highest BCUT2D eigenvalue weighted by molar-refractivity contribution is 7.91. The number of hydrogen-bond donors (Lipinski definition) is 3. The molecule has 3 aliphatic rings. The largest absolute Gasteiger partial charge is 0.492 e. The van der Waals surface area contributed by atoms with Crippen LogP contribution in [0.15, 0.2) is 40.8 Å². The third-order valence-electron chi connectivity index (χ3n) is 6.96. The third kappa shape index (κ3) is 5.56. The van der Waals surface area contributed by atoms with E-state index in [1.807, 2.05) is 12.1 Å². The van der Waals surface area contributed by atoms with Gasteiger partial charge in [0.15, 0.2) is 5.84 Å². The first-order valence-corrected chi connectivity index (χ1v) is 14.0. The van der Waals surface area contributed by atoms with E-state index < -0.39 is 10.2 Å². The van der Waals surface area contributed by atoms with Gasteiger partial charge in [0.2, 0.25) is 0 Å². The number of carbonyl (C=O) groups is 1. The fourth-order valence-electron chi connectivity index (χ4n) is 5.19. The molecule has 1 aromatic carbocycles. The van der Waals surface area contributed by atoms with E-state index in [1.165, 1.54) is 6.42 Å². The molecule has 1 amide bonds. The molecule has 4 N–H and O–H groups in total. The summed E-state index contributed by atoms with van der Waals surface area (Å²) in [5, 5.41) is 3.14. The van der Waals surface area contributed by atoms with Crippen molar-refractivity contribution in [1.29, 1.82) is 0 Å². The summed E-state index contributed by atoms with van der Waals surface area (Å²) in [5.74, 6) is 1.32. The van der Waals surface area contributed by atoms with Gasteiger partial charge in [0.05, 0.1) is 17.9 Å². The molecular weight excluding hydrogens is 480 g/mol. The Morgan fingerprint density at radius 2 is 1.92 bits per heavy atom. The number of anilines is 2. The molecule has 11 heteroatoms. The van der Waals surface area contributed by atoms with Crippen LogP contribution in [0.5, 0.6) is 5.75 Å². The van der Waals surface area contributed by atoms with Gasteiger partial charge in [-0.2, -0.15) is 8.42 Å². The SMILES string of the molecule is NC1=NS(=O)(=O)Nc2cccc(OC[C@H]3CCCN(c4cccc(C(=O)NC5CCCCC5)n4)C3)c21. The summed E-state index contributed by atoms with van der Waals surface area (Å²) in [6.07, 6.45) is 7.61. The minimum atomic E-state index is -3.84. The number of carbonyl (C=O) groups excluding carboxylic acids is 1. The first kappa shape index (κ1) is 24.4. The molecule has 3 heterocycles. The molecule has 0 bridgehead atoms. The number of nitrogens with two attached hydrogens (primary N) is 1. The van der Waals surface area contributed by atoms with Crippen LogP contribution in [0, 0.1) is 5.92 Å². The zero-order valence-corrected chi connectivity index (χ0v) is 21.0. The Morgan fingerprint density at radius 3 is 2.75 bits per heavy atom. The van der Waals surface area contributed by atoms with E-state index in [2.05, 4.69) is 24.3 Å². The van der Waals surface area contributed by atoms with E-state index in [0.29, 0.717) is 29.3 Å². The van der Waals surface area contributed by atoms with E-state index >= 15 is 0 Å². The number of fused-ring (bicyclic) bond motifs is 1. The quantitative estimate of drug-likeness (QED) is 0.541. The van der Waals surface area contributed by atoms with Crippen molar-refractivity contribution in [3.05, 3.63) is 47.7 Å². The first-order valence-electron chi connectivity index (χ1n) is 12.6. The zero-order chi connectivity index (χ0) is 25.1. The summed E-state index contributed by atoms with van der Waals surface area (Å²) in [4.78, 5) is 19.6. The lowest BCUT2D eigenvalue weighted by Gasteiger charge is -2.34. The zero-order valence-electron chi connectivity index (χ0n) is 20.2. The van der Waals surface area contributed by atoms with Crippen molar-refractivity contribution >= 4 is 33.5 Å². The molecule has 10 nitrogen and oxygen atoms in total. The van der Waals surface area contributed by atoms with Gasteiger partial charge in [-0.15, -0.1) is 4.40 Å². The van der Waals surface area contributed by atoms with Gasteiger partial charge in [0, 0.05) is 25.0 Å². The van der Waals surface area contributed by atoms with Crippen LogP contribution in [0.4, 0.5) is 11.5 Å². The number of aromatic nitrogens is 1. The standard InChI is InChI=1S/C25H32N6O4S/c26-24-23-19(29-36(33,34)30-24)10-4-12-21(23)35-16-17-7-6-14-31(15-17)22-13-5-11-20(28-22)25(32)27-18-8-2-1-3-9-18/h4-5,10-13,17-18,29H,1-3,6-9,14-16H2,(H2,26,30)(H,27,32)/t17-/m0/s1. The Bertz CT molecular complexity index is 1260. The molecule has 0 radical (unpaired) electrons. The van der Waals surface area contributed by atoms with Gasteiger partial charge in [-0.3, -0.25) is 9.52 Å². The van der Waals surface area contributed by atoms with Gasteiger partial charge in [0.25, 0.3) is 5.91 Å². The van der Waals surface area contributed by atoms with Crippen LogP contribution in [0.2, 0.25) is 0 Å². The Morgan fingerprint density at radius 1 is 1.11 bits per heavy atom. The van der Waals surface area contributed by atoms with Crippen molar-refractivity contribution in [1.82, 2.24) is 10.3 Å². The Labute approximate surface area is 211 Å².